The summed E-state index contributed by atoms with van der Waals surface area (Å²) in [5, 5.41) is 7.97. The summed E-state index contributed by atoms with van der Waals surface area (Å²) < 4.78 is 1.96. The normalized spacial score (nSPS) is 25.4. The second-order valence-corrected chi connectivity index (χ2v) is 4.47. The molecule has 3 heteroatoms. The van der Waals surface area contributed by atoms with Crippen molar-refractivity contribution in [3.05, 3.63) is 17.0 Å². The van der Waals surface area contributed by atoms with Gasteiger partial charge in [0, 0.05) is 30.9 Å². The summed E-state index contributed by atoms with van der Waals surface area (Å²) in [5.41, 5.74) is 3.81. The average Bonchev–Trinajstić information content (AvgIpc) is 2.75. The van der Waals surface area contributed by atoms with Crippen LogP contribution in [0.1, 0.15) is 30.3 Å². The van der Waals surface area contributed by atoms with Gasteiger partial charge in [-0.05, 0) is 26.2 Å². The zero-order valence-electron chi connectivity index (χ0n) is 9.46. The third-order valence-electron chi connectivity index (χ3n) is 3.31. The van der Waals surface area contributed by atoms with E-state index in [1.54, 1.807) is 0 Å². The molecule has 0 aliphatic heterocycles. The van der Waals surface area contributed by atoms with Crippen LogP contribution in [0.5, 0.6) is 0 Å². The molecule has 1 aliphatic carbocycles. The molecule has 1 aromatic heterocycles. The van der Waals surface area contributed by atoms with Crippen molar-refractivity contribution >= 4 is 0 Å². The maximum Gasteiger partial charge on any atom is 0.0641 e. The number of nitrogens with zero attached hydrogens (tertiary/aromatic N) is 2. The fourth-order valence-electron chi connectivity index (χ4n) is 1.91. The zero-order chi connectivity index (χ0) is 10.3. The molecule has 2 atom stereocenters. The fourth-order valence-corrected chi connectivity index (χ4v) is 1.91. The predicted molar refractivity (Wildman–Crippen MR) is 57.1 cm³/mol. The summed E-state index contributed by atoms with van der Waals surface area (Å²) in [4.78, 5) is 0. The number of aryl methyl sites for hydroxylation is 2. The van der Waals surface area contributed by atoms with Gasteiger partial charge in [-0.3, -0.25) is 4.68 Å². The molecule has 0 bridgehead atoms. The highest BCUT2D eigenvalue weighted by Gasteiger charge is 2.31. The standard InChI is InChI=1S/C11H19N3/c1-7-5-11(7)12-6-10-8(2)13-14(4)9(10)3/h7,11-12H,5-6H2,1-4H3. The van der Waals surface area contributed by atoms with Crippen LogP contribution >= 0.6 is 0 Å². The van der Waals surface area contributed by atoms with Crippen LogP contribution in [0, 0.1) is 19.8 Å². The van der Waals surface area contributed by atoms with Crippen LogP contribution in [-0.4, -0.2) is 15.8 Å². The zero-order valence-corrected chi connectivity index (χ0v) is 9.46. The van der Waals surface area contributed by atoms with Crippen LogP contribution in [-0.2, 0) is 13.6 Å². The monoisotopic (exact) mass is 193 g/mol. The third-order valence-corrected chi connectivity index (χ3v) is 3.31. The molecule has 1 fully saturated rings. The molecule has 0 saturated heterocycles. The van der Waals surface area contributed by atoms with E-state index in [9.17, 15) is 0 Å². The first-order valence-corrected chi connectivity index (χ1v) is 5.32. The van der Waals surface area contributed by atoms with Crippen LogP contribution < -0.4 is 5.32 Å². The number of aromatic nitrogens is 2. The Balaban J connectivity index is 2.01. The summed E-state index contributed by atoms with van der Waals surface area (Å²) in [6.45, 7) is 7.48. The van der Waals surface area contributed by atoms with Gasteiger partial charge in [0.15, 0.2) is 0 Å². The molecule has 14 heavy (non-hydrogen) atoms. The molecule has 2 unspecified atom stereocenters. The van der Waals surface area contributed by atoms with Crippen LogP contribution in [0.2, 0.25) is 0 Å². The van der Waals surface area contributed by atoms with Gasteiger partial charge in [-0.25, -0.2) is 0 Å². The van der Waals surface area contributed by atoms with E-state index in [2.05, 4.69) is 31.2 Å². The van der Waals surface area contributed by atoms with Crippen molar-refractivity contribution in [2.24, 2.45) is 13.0 Å². The number of rotatable bonds is 3. The van der Waals surface area contributed by atoms with E-state index < -0.39 is 0 Å². The summed E-state index contributed by atoms with van der Waals surface area (Å²) in [6, 6.07) is 0.744. The Bertz CT molecular complexity index is 341. The Kier molecular flexibility index (Phi) is 2.35. The second kappa shape index (κ2) is 3.39. The van der Waals surface area contributed by atoms with Gasteiger partial charge >= 0.3 is 0 Å². The highest BCUT2D eigenvalue weighted by molar-refractivity contribution is 5.24. The van der Waals surface area contributed by atoms with Gasteiger partial charge in [0.1, 0.15) is 0 Å². The van der Waals surface area contributed by atoms with Gasteiger partial charge in [-0.1, -0.05) is 6.92 Å². The van der Waals surface area contributed by atoms with E-state index in [1.165, 1.54) is 17.7 Å². The molecule has 0 amide bonds. The maximum atomic E-state index is 4.40. The van der Waals surface area contributed by atoms with Gasteiger partial charge < -0.3 is 5.32 Å². The van der Waals surface area contributed by atoms with E-state index >= 15 is 0 Å². The molecule has 0 radical (unpaired) electrons. The summed E-state index contributed by atoms with van der Waals surface area (Å²) in [6.07, 6.45) is 1.33. The molecule has 0 aromatic carbocycles. The molecule has 1 aromatic rings. The third kappa shape index (κ3) is 1.69. The second-order valence-electron chi connectivity index (χ2n) is 4.47. The molecule has 78 valence electrons. The van der Waals surface area contributed by atoms with Crippen molar-refractivity contribution in [2.45, 2.75) is 39.8 Å². The Labute approximate surface area is 85.5 Å². The topological polar surface area (TPSA) is 29.9 Å². The summed E-state index contributed by atoms with van der Waals surface area (Å²) in [7, 11) is 2.01. The molecule has 1 N–H and O–H groups in total. The summed E-state index contributed by atoms with van der Waals surface area (Å²) >= 11 is 0. The van der Waals surface area contributed by atoms with Crippen LogP contribution in [0.3, 0.4) is 0 Å². The largest absolute Gasteiger partial charge is 0.310 e. The van der Waals surface area contributed by atoms with Crippen molar-refractivity contribution < 1.29 is 0 Å². The predicted octanol–water partition coefficient (Wildman–Crippen LogP) is 1.53. The quantitative estimate of drug-likeness (QED) is 0.789. The van der Waals surface area contributed by atoms with E-state index in [4.69, 9.17) is 0 Å². The highest BCUT2D eigenvalue weighted by atomic mass is 15.3. The van der Waals surface area contributed by atoms with Crippen molar-refractivity contribution in [1.29, 1.82) is 0 Å². The van der Waals surface area contributed by atoms with E-state index in [1.807, 2.05) is 11.7 Å². The number of hydrogen-bond donors (Lipinski definition) is 1. The van der Waals surface area contributed by atoms with Gasteiger partial charge in [-0.15, -0.1) is 0 Å². The minimum Gasteiger partial charge on any atom is -0.310 e. The number of nitrogens with one attached hydrogen (secondary N) is 1. The van der Waals surface area contributed by atoms with E-state index in [0.29, 0.717) is 0 Å². The van der Waals surface area contributed by atoms with Crippen LogP contribution in [0.25, 0.3) is 0 Å². The molecule has 2 rings (SSSR count). The number of hydrogen-bond acceptors (Lipinski definition) is 2. The maximum absolute atomic E-state index is 4.40. The van der Waals surface area contributed by atoms with Crippen molar-refractivity contribution in [1.82, 2.24) is 15.1 Å². The Morgan fingerprint density at radius 1 is 1.50 bits per heavy atom. The molecule has 1 aliphatic rings. The van der Waals surface area contributed by atoms with Gasteiger partial charge in [0.05, 0.1) is 5.69 Å². The lowest BCUT2D eigenvalue weighted by molar-refractivity contribution is 0.647. The lowest BCUT2D eigenvalue weighted by Crippen LogP contribution is -2.18. The molecule has 0 spiro atoms. The molecule has 1 heterocycles. The Hall–Kier alpha value is -0.830. The lowest BCUT2D eigenvalue weighted by Gasteiger charge is -2.03. The molecule has 3 nitrogen and oxygen atoms in total. The van der Waals surface area contributed by atoms with Crippen molar-refractivity contribution in [2.75, 3.05) is 0 Å². The lowest BCUT2D eigenvalue weighted by atomic mass is 10.2. The molecule has 1 saturated carbocycles. The minimum atomic E-state index is 0.744. The fraction of sp³-hybridized carbons (Fsp3) is 0.727. The van der Waals surface area contributed by atoms with Crippen LogP contribution in [0.4, 0.5) is 0 Å². The van der Waals surface area contributed by atoms with E-state index in [0.717, 1.165) is 24.2 Å². The molecular weight excluding hydrogens is 174 g/mol. The first kappa shape index (κ1) is 9.71. The first-order chi connectivity index (χ1) is 6.59. The van der Waals surface area contributed by atoms with Gasteiger partial charge in [0.2, 0.25) is 0 Å². The minimum absolute atomic E-state index is 0.744. The SMILES string of the molecule is Cc1nn(C)c(C)c1CNC1CC1C. The Morgan fingerprint density at radius 3 is 2.57 bits per heavy atom. The first-order valence-electron chi connectivity index (χ1n) is 5.32. The smallest absolute Gasteiger partial charge is 0.0641 e. The van der Waals surface area contributed by atoms with Crippen molar-refractivity contribution in [3.63, 3.8) is 0 Å². The summed E-state index contributed by atoms with van der Waals surface area (Å²) in [5.74, 6) is 0.868. The van der Waals surface area contributed by atoms with Crippen molar-refractivity contribution in [3.8, 4) is 0 Å². The van der Waals surface area contributed by atoms with Crippen LogP contribution in [0.15, 0.2) is 0 Å². The molecular formula is C11H19N3. The van der Waals surface area contributed by atoms with Gasteiger partial charge in [0.25, 0.3) is 0 Å². The van der Waals surface area contributed by atoms with E-state index in [-0.39, 0.29) is 0 Å². The Morgan fingerprint density at radius 2 is 2.14 bits per heavy atom. The average molecular weight is 193 g/mol. The highest BCUT2D eigenvalue weighted by Crippen LogP contribution is 2.29. The van der Waals surface area contributed by atoms with Gasteiger partial charge in [-0.2, -0.15) is 5.10 Å².